The minimum absolute atomic E-state index is 0.178. The van der Waals surface area contributed by atoms with Crippen molar-refractivity contribution in [2.45, 2.75) is 19.3 Å². The number of carboxylic acid groups (broad SMARTS) is 1. The van der Waals surface area contributed by atoms with E-state index in [1.165, 1.54) is 0 Å². The van der Waals surface area contributed by atoms with Crippen LogP contribution in [0.2, 0.25) is 0 Å². The Balaban J connectivity index is 1.95. The van der Waals surface area contributed by atoms with Crippen molar-refractivity contribution >= 4 is 15.8 Å². The second-order valence-corrected chi connectivity index (χ2v) is 6.42. The summed E-state index contributed by atoms with van der Waals surface area (Å²) in [6, 6.07) is 0. The molecule has 2 rings (SSSR count). The number of rotatable bonds is 3. The van der Waals surface area contributed by atoms with Crippen molar-refractivity contribution in [3.8, 4) is 0 Å². The fraction of sp³-hybridized carbons (Fsp3) is 0.667. The Kier molecular flexibility index (Phi) is 3.14. The first-order chi connectivity index (χ1) is 7.96. The third-order valence-corrected chi connectivity index (χ3v) is 4.51. The van der Waals surface area contributed by atoms with E-state index in [1.807, 2.05) is 0 Å². The third kappa shape index (κ3) is 3.02. The van der Waals surface area contributed by atoms with Gasteiger partial charge in [0.05, 0.1) is 11.5 Å². The van der Waals surface area contributed by atoms with E-state index >= 15 is 0 Å². The van der Waals surface area contributed by atoms with Crippen molar-refractivity contribution in [2.75, 3.05) is 11.5 Å². The first-order valence-electron chi connectivity index (χ1n) is 5.22. The lowest BCUT2D eigenvalue weighted by Gasteiger charge is -2.20. The number of carboxylic acids is 1. The van der Waals surface area contributed by atoms with Crippen LogP contribution in [0, 0.1) is 5.92 Å². The number of sulfone groups is 1. The number of carbonyl (C=O) groups is 1. The highest BCUT2D eigenvalue weighted by Crippen LogP contribution is 2.21. The summed E-state index contributed by atoms with van der Waals surface area (Å²) in [6.45, 7) is 0. The molecule has 1 aliphatic heterocycles. The van der Waals surface area contributed by atoms with Gasteiger partial charge in [-0.15, -0.1) is 0 Å². The van der Waals surface area contributed by atoms with E-state index in [4.69, 9.17) is 5.11 Å². The molecule has 0 radical (unpaired) electrons. The van der Waals surface area contributed by atoms with Crippen LogP contribution in [0.15, 0.2) is 4.52 Å². The maximum Gasteiger partial charge on any atom is 0.394 e. The molecule has 0 atom stereocenters. The number of nitrogens with zero attached hydrogens (tertiary/aromatic N) is 2. The van der Waals surface area contributed by atoms with Crippen LogP contribution in [0.25, 0.3) is 0 Å². The van der Waals surface area contributed by atoms with Gasteiger partial charge in [-0.25, -0.2) is 13.2 Å². The zero-order valence-corrected chi connectivity index (χ0v) is 9.81. The first-order valence-corrected chi connectivity index (χ1v) is 7.05. The topological polar surface area (TPSA) is 110 Å². The van der Waals surface area contributed by atoms with Crippen LogP contribution in [0.5, 0.6) is 0 Å². The average Bonchev–Trinajstić information content (AvgIpc) is 2.70. The molecule has 1 aromatic heterocycles. The number of aromatic carboxylic acids is 1. The van der Waals surface area contributed by atoms with Crippen LogP contribution in [-0.4, -0.2) is 41.1 Å². The van der Waals surface area contributed by atoms with Gasteiger partial charge in [-0.1, -0.05) is 5.16 Å². The number of hydrogen-bond donors (Lipinski definition) is 1. The van der Waals surface area contributed by atoms with Crippen molar-refractivity contribution in [2.24, 2.45) is 5.92 Å². The van der Waals surface area contributed by atoms with Crippen LogP contribution in [0.1, 0.15) is 29.4 Å². The van der Waals surface area contributed by atoms with Gasteiger partial charge in [-0.2, -0.15) is 4.98 Å². The van der Waals surface area contributed by atoms with Gasteiger partial charge in [0.2, 0.25) is 0 Å². The minimum Gasteiger partial charge on any atom is -0.474 e. The van der Waals surface area contributed by atoms with Gasteiger partial charge in [0.1, 0.15) is 9.84 Å². The molecule has 0 saturated carbocycles. The lowest BCUT2D eigenvalue weighted by molar-refractivity contribution is 0.0643. The van der Waals surface area contributed by atoms with Gasteiger partial charge >= 0.3 is 11.9 Å². The fourth-order valence-corrected chi connectivity index (χ4v) is 3.41. The largest absolute Gasteiger partial charge is 0.474 e. The molecule has 1 aromatic rings. The molecule has 0 unspecified atom stereocenters. The summed E-state index contributed by atoms with van der Waals surface area (Å²) in [5, 5.41) is 12.1. The Bertz CT molecular complexity index is 507. The quantitative estimate of drug-likeness (QED) is 0.822. The van der Waals surface area contributed by atoms with E-state index in [0.29, 0.717) is 25.1 Å². The standard InChI is InChI=1S/C9H12N2O5S/c12-9(13)8-10-7(11-16-8)5-6-1-3-17(14,15)4-2-6/h6H,1-5H2,(H,12,13). The normalized spacial score (nSPS) is 20.2. The Morgan fingerprint density at radius 3 is 2.59 bits per heavy atom. The zero-order chi connectivity index (χ0) is 12.5. The van der Waals surface area contributed by atoms with Gasteiger partial charge < -0.3 is 9.63 Å². The lowest BCUT2D eigenvalue weighted by atomic mass is 9.99. The average molecular weight is 260 g/mol. The predicted molar refractivity (Wildman–Crippen MR) is 56.3 cm³/mol. The molecule has 94 valence electrons. The predicted octanol–water partition coefficient (Wildman–Crippen LogP) is 0.135. The molecule has 17 heavy (non-hydrogen) atoms. The van der Waals surface area contributed by atoms with E-state index in [2.05, 4.69) is 14.7 Å². The summed E-state index contributed by atoms with van der Waals surface area (Å²) in [5.74, 6) is -0.814. The maximum atomic E-state index is 11.2. The van der Waals surface area contributed by atoms with E-state index < -0.39 is 21.7 Å². The molecular formula is C9H12N2O5S. The molecular weight excluding hydrogens is 248 g/mol. The SMILES string of the molecule is O=C(O)c1nc(CC2CCS(=O)(=O)CC2)no1. The van der Waals surface area contributed by atoms with Crippen molar-refractivity contribution in [3.63, 3.8) is 0 Å². The van der Waals surface area contributed by atoms with Crippen LogP contribution in [0.3, 0.4) is 0 Å². The highest BCUT2D eigenvalue weighted by atomic mass is 32.2. The Labute approximate surface area is 97.7 Å². The number of aromatic nitrogens is 2. The van der Waals surface area contributed by atoms with Gasteiger partial charge in [-0.3, -0.25) is 0 Å². The van der Waals surface area contributed by atoms with E-state index in [1.54, 1.807) is 0 Å². The van der Waals surface area contributed by atoms with Crippen LogP contribution < -0.4 is 0 Å². The van der Waals surface area contributed by atoms with E-state index in [9.17, 15) is 13.2 Å². The molecule has 8 heteroatoms. The number of hydrogen-bond acceptors (Lipinski definition) is 6. The Morgan fingerprint density at radius 2 is 2.06 bits per heavy atom. The van der Waals surface area contributed by atoms with E-state index in [0.717, 1.165) is 0 Å². The van der Waals surface area contributed by atoms with Gasteiger partial charge in [0.25, 0.3) is 0 Å². The zero-order valence-electron chi connectivity index (χ0n) is 9.00. The molecule has 2 heterocycles. The molecule has 1 N–H and O–H groups in total. The summed E-state index contributed by atoms with van der Waals surface area (Å²) >= 11 is 0. The highest BCUT2D eigenvalue weighted by molar-refractivity contribution is 7.91. The monoisotopic (exact) mass is 260 g/mol. The summed E-state index contributed by atoms with van der Waals surface area (Å²) in [6.07, 6.45) is 1.60. The van der Waals surface area contributed by atoms with Gasteiger partial charge in [-0.05, 0) is 18.8 Å². The molecule has 0 bridgehead atoms. The van der Waals surface area contributed by atoms with E-state index in [-0.39, 0.29) is 17.4 Å². The van der Waals surface area contributed by atoms with Crippen molar-refractivity contribution in [3.05, 3.63) is 11.7 Å². The molecule has 7 nitrogen and oxygen atoms in total. The Hall–Kier alpha value is -1.44. The molecule has 1 fully saturated rings. The molecule has 0 aromatic carbocycles. The van der Waals surface area contributed by atoms with Crippen LogP contribution in [-0.2, 0) is 16.3 Å². The summed E-state index contributed by atoms with van der Waals surface area (Å²) < 4.78 is 27.0. The van der Waals surface area contributed by atoms with Gasteiger partial charge in [0, 0.05) is 6.42 Å². The second kappa shape index (κ2) is 4.44. The fourth-order valence-electron chi connectivity index (χ4n) is 1.82. The molecule has 0 amide bonds. The molecule has 0 aliphatic carbocycles. The van der Waals surface area contributed by atoms with Crippen LogP contribution in [0.4, 0.5) is 0 Å². The lowest BCUT2D eigenvalue weighted by Crippen LogP contribution is -2.24. The molecule has 1 aliphatic rings. The maximum absolute atomic E-state index is 11.2. The smallest absolute Gasteiger partial charge is 0.394 e. The third-order valence-electron chi connectivity index (χ3n) is 2.80. The van der Waals surface area contributed by atoms with Gasteiger partial charge in [0.15, 0.2) is 5.82 Å². The second-order valence-electron chi connectivity index (χ2n) is 4.12. The summed E-state index contributed by atoms with van der Waals surface area (Å²) in [7, 11) is -2.87. The minimum atomic E-state index is -2.87. The van der Waals surface area contributed by atoms with Crippen molar-refractivity contribution < 1.29 is 22.8 Å². The summed E-state index contributed by atoms with van der Waals surface area (Å²) in [4.78, 5) is 14.2. The molecule has 0 spiro atoms. The van der Waals surface area contributed by atoms with Crippen LogP contribution >= 0.6 is 0 Å². The van der Waals surface area contributed by atoms with Crippen molar-refractivity contribution in [1.29, 1.82) is 0 Å². The Morgan fingerprint density at radius 1 is 1.41 bits per heavy atom. The highest BCUT2D eigenvalue weighted by Gasteiger charge is 2.25. The molecule has 1 saturated heterocycles. The first kappa shape index (κ1) is 12.0. The summed E-state index contributed by atoms with van der Waals surface area (Å²) in [5.41, 5.74) is 0. The van der Waals surface area contributed by atoms with Crippen molar-refractivity contribution in [1.82, 2.24) is 10.1 Å².